The van der Waals surface area contributed by atoms with Gasteiger partial charge in [-0.1, -0.05) is 12.1 Å². The zero-order valence-electron chi connectivity index (χ0n) is 15.5. The lowest BCUT2D eigenvalue weighted by Crippen LogP contribution is -2.41. The van der Waals surface area contributed by atoms with E-state index < -0.39 is 21.9 Å². The van der Waals surface area contributed by atoms with E-state index in [1.807, 2.05) is 46.8 Å². The van der Waals surface area contributed by atoms with E-state index in [1.54, 1.807) is 0 Å². The molecule has 0 aromatic heterocycles. The summed E-state index contributed by atoms with van der Waals surface area (Å²) < 4.78 is 31.8. The molecule has 0 radical (unpaired) electrons. The summed E-state index contributed by atoms with van der Waals surface area (Å²) in [5.41, 5.74) is 3.92. The third-order valence-electron chi connectivity index (χ3n) is 3.93. The van der Waals surface area contributed by atoms with Crippen molar-refractivity contribution >= 4 is 21.7 Å². The number of aryl methyl sites for hydroxylation is 2. The van der Waals surface area contributed by atoms with E-state index in [1.165, 1.54) is 5.56 Å². The second-order valence-electron chi connectivity index (χ2n) is 7.62. The molecule has 0 bridgehead atoms. The maximum Gasteiger partial charge on any atom is 0.267 e. The third-order valence-corrected chi connectivity index (χ3v) is 4.73. The van der Waals surface area contributed by atoms with Crippen molar-refractivity contribution in [1.29, 1.82) is 0 Å². The van der Waals surface area contributed by atoms with Crippen molar-refractivity contribution in [2.24, 2.45) is 9.98 Å². The van der Waals surface area contributed by atoms with E-state index in [0.717, 1.165) is 22.7 Å². The zero-order valence-corrected chi connectivity index (χ0v) is 16.3. The number of nitrogens with one attached hydrogen (secondary N) is 1. The molecule has 0 fully saturated rings. The first-order chi connectivity index (χ1) is 11.4. The highest BCUT2D eigenvalue weighted by Crippen LogP contribution is 2.16. The van der Waals surface area contributed by atoms with Crippen molar-refractivity contribution in [3.05, 3.63) is 34.9 Å². The molecule has 25 heavy (non-hydrogen) atoms. The van der Waals surface area contributed by atoms with Crippen LogP contribution < -0.4 is 5.32 Å². The molecule has 7 heteroatoms. The highest BCUT2D eigenvalue weighted by atomic mass is 32.2. The Labute approximate surface area is 150 Å². The summed E-state index contributed by atoms with van der Waals surface area (Å²) in [4.78, 5) is 9.11. The van der Waals surface area contributed by atoms with Gasteiger partial charge in [-0.15, -0.1) is 0 Å². The van der Waals surface area contributed by atoms with Crippen molar-refractivity contribution in [3.63, 3.8) is 0 Å². The lowest BCUT2D eigenvalue weighted by molar-refractivity contribution is 0.477. The quantitative estimate of drug-likeness (QED) is 0.805. The minimum atomic E-state index is -4.11. The Bertz CT molecular complexity index is 805. The lowest BCUT2D eigenvalue weighted by atomic mass is 10.0. The molecular formula is C18H27N3O3S. The second kappa shape index (κ2) is 7.25. The summed E-state index contributed by atoms with van der Waals surface area (Å²) in [7, 11) is -4.11. The van der Waals surface area contributed by atoms with Gasteiger partial charge in [0, 0.05) is 17.7 Å². The van der Waals surface area contributed by atoms with Gasteiger partial charge < -0.3 is 5.32 Å². The van der Waals surface area contributed by atoms with Crippen LogP contribution in [0.4, 0.5) is 0 Å². The normalized spacial score (nSPS) is 19.0. The minimum absolute atomic E-state index is 0.157. The highest BCUT2D eigenvalue weighted by Gasteiger charge is 2.23. The fourth-order valence-electron chi connectivity index (χ4n) is 2.68. The number of hydrogen-bond acceptors (Lipinski definition) is 5. The molecule has 2 N–H and O–H groups in total. The number of aliphatic imine (C=N–C) groups is 2. The smallest absolute Gasteiger partial charge is 0.267 e. The predicted molar refractivity (Wildman–Crippen MR) is 102 cm³/mol. The van der Waals surface area contributed by atoms with E-state index in [9.17, 15) is 13.0 Å². The highest BCUT2D eigenvalue weighted by molar-refractivity contribution is 7.85. The Morgan fingerprint density at radius 3 is 2.48 bits per heavy atom. The van der Waals surface area contributed by atoms with Gasteiger partial charge in [-0.2, -0.15) is 8.42 Å². The average molecular weight is 365 g/mol. The molecule has 1 aliphatic heterocycles. The van der Waals surface area contributed by atoms with Crippen LogP contribution in [0.1, 0.15) is 43.9 Å². The van der Waals surface area contributed by atoms with Gasteiger partial charge in [0.25, 0.3) is 10.1 Å². The topological polar surface area (TPSA) is 91.1 Å². The first kappa shape index (κ1) is 19.6. The van der Waals surface area contributed by atoms with E-state index in [-0.39, 0.29) is 12.1 Å². The monoisotopic (exact) mass is 365 g/mol. The molecule has 2 rings (SSSR count). The van der Waals surface area contributed by atoms with Crippen LogP contribution in [0.15, 0.2) is 28.2 Å². The number of nitrogens with zero attached hydrogens (tertiary/aromatic N) is 2. The molecular weight excluding hydrogens is 338 g/mol. The molecule has 1 aromatic carbocycles. The molecule has 1 unspecified atom stereocenters. The molecule has 0 aliphatic carbocycles. The average Bonchev–Trinajstić information content (AvgIpc) is 2.61. The fraction of sp³-hybridized carbons (Fsp3) is 0.556. The SMILES string of the molecule is Cc1ccc(C2=NC(CS(=O)(=O)O)CN=C(NC(C)(C)C)C2)cc1C. The van der Waals surface area contributed by atoms with E-state index in [0.29, 0.717) is 6.42 Å². The fourth-order valence-corrected chi connectivity index (χ4v) is 3.35. The molecule has 1 aliphatic rings. The second-order valence-corrected chi connectivity index (χ2v) is 9.11. The van der Waals surface area contributed by atoms with Crippen LogP contribution in [-0.4, -0.2) is 48.4 Å². The van der Waals surface area contributed by atoms with Gasteiger partial charge in [0.15, 0.2) is 0 Å². The molecule has 0 saturated carbocycles. The molecule has 0 amide bonds. The summed E-state index contributed by atoms with van der Waals surface area (Å²) in [6.45, 7) is 10.4. The number of hydrogen-bond donors (Lipinski definition) is 2. The van der Waals surface area contributed by atoms with E-state index in [2.05, 4.69) is 21.4 Å². The van der Waals surface area contributed by atoms with Gasteiger partial charge >= 0.3 is 0 Å². The van der Waals surface area contributed by atoms with E-state index in [4.69, 9.17) is 0 Å². The van der Waals surface area contributed by atoms with Crippen molar-refractivity contribution in [2.45, 2.75) is 52.6 Å². The molecule has 0 spiro atoms. The van der Waals surface area contributed by atoms with Crippen molar-refractivity contribution < 1.29 is 13.0 Å². The molecule has 1 aromatic rings. The first-order valence-electron chi connectivity index (χ1n) is 8.34. The largest absolute Gasteiger partial charge is 0.369 e. The molecule has 138 valence electrons. The van der Waals surface area contributed by atoms with Crippen LogP contribution in [0.3, 0.4) is 0 Å². The summed E-state index contributed by atoms with van der Waals surface area (Å²) in [6.07, 6.45) is 0.502. The van der Waals surface area contributed by atoms with Gasteiger partial charge in [0.05, 0.1) is 18.3 Å². The van der Waals surface area contributed by atoms with Gasteiger partial charge in [-0.25, -0.2) is 0 Å². The zero-order chi connectivity index (χ0) is 18.8. The molecule has 6 nitrogen and oxygen atoms in total. The Hall–Kier alpha value is -1.73. The molecule has 1 heterocycles. The van der Waals surface area contributed by atoms with Crippen molar-refractivity contribution in [1.82, 2.24) is 5.32 Å². The lowest BCUT2D eigenvalue weighted by Gasteiger charge is -2.23. The Morgan fingerprint density at radius 1 is 1.24 bits per heavy atom. The van der Waals surface area contributed by atoms with Crippen LogP contribution in [0.25, 0.3) is 0 Å². The van der Waals surface area contributed by atoms with Crippen molar-refractivity contribution in [3.8, 4) is 0 Å². The number of benzene rings is 1. The van der Waals surface area contributed by atoms with Crippen LogP contribution in [-0.2, 0) is 10.1 Å². The predicted octanol–water partition coefficient (Wildman–Crippen LogP) is 2.54. The molecule has 0 saturated heterocycles. The van der Waals surface area contributed by atoms with Gasteiger partial charge in [0.1, 0.15) is 5.84 Å². The maximum atomic E-state index is 11.3. The Kier molecular flexibility index (Phi) is 5.68. The number of amidine groups is 1. The summed E-state index contributed by atoms with van der Waals surface area (Å²) in [5, 5.41) is 3.36. The molecule has 1 atom stereocenters. The van der Waals surface area contributed by atoms with Gasteiger partial charge in [-0.3, -0.25) is 14.5 Å². The van der Waals surface area contributed by atoms with Gasteiger partial charge in [-0.05, 0) is 57.4 Å². The number of rotatable bonds is 3. The Balaban J connectivity index is 2.40. The maximum absolute atomic E-state index is 11.3. The summed E-state index contributed by atoms with van der Waals surface area (Å²) >= 11 is 0. The summed E-state index contributed by atoms with van der Waals surface area (Å²) in [5.74, 6) is 0.357. The first-order valence-corrected chi connectivity index (χ1v) is 9.95. The third kappa shape index (κ3) is 6.25. The van der Waals surface area contributed by atoms with Gasteiger partial charge in [0.2, 0.25) is 0 Å². The van der Waals surface area contributed by atoms with E-state index >= 15 is 0 Å². The van der Waals surface area contributed by atoms with Crippen LogP contribution in [0, 0.1) is 13.8 Å². The van der Waals surface area contributed by atoms with Crippen LogP contribution in [0.5, 0.6) is 0 Å². The van der Waals surface area contributed by atoms with Crippen LogP contribution >= 0.6 is 0 Å². The van der Waals surface area contributed by atoms with Crippen LogP contribution in [0.2, 0.25) is 0 Å². The standard InChI is InChI=1S/C18H27N3O3S/c1-12-6-7-14(8-13(12)2)16-9-17(21-18(3,4)5)19-10-15(20-16)11-25(22,23)24/h6-8,15H,9-11H2,1-5H3,(H,19,21)(H,22,23,24). The Morgan fingerprint density at radius 2 is 1.92 bits per heavy atom. The minimum Gasteiger partial charge on any atom is -0.369 e. The summed E-state index contributed by atoms with van der Waals surface area (Å²) in [6, 6.07) is 5.49. The van der Waals surface area contributed by atoms with Crippen molar-refractivity contribution in [2.75, 3.05) is 12.3 Å².